The maximum atomic E-state index is 13.1. The zero-order chi connectivity index (χ0) is 19.4. The molecular weight excluding hydrogens is 344 g/mol. The monoisotopic (exact) mass is 368 g/mol. The Kier molecular flexibility index (Phi) is 5.64. The first kappa shape index (κ1) is 18.8. The molecule has 0 radical (unpaired) electrons. The molecule has 1 aliphatic rings. The number of anilines is 1. The van der Waals surface area contributed by atoms with E-state index in [1.807, 2.05) is 23.1 Å². The van der Waals surface area contributed by atoms with E-state index in [0.29, 0.717) is 17.8 Å². The molecule has 3 rings (SSSR count). The number of nitrogens with one attached hydrogen (secondary N) is 1. The van der Waals surface area contributed by atoms with Crippen LogP contribution in [0.4, 0.5) is 5.69 Å². The molecule has 142 valence electrons. The summed E-state index contributed by atoms with van der Waals surface area (Å²) in [5.41, 5.74) is 2.18. The van der Waals surface area contributed by atoms with Crippen molar-refractivity contribution in [2.75, 3.05) is 19.5 Å². The molecule has 6 nitrogen and oxygen atoms in total. The molecular formula is C21H24N2O4. The third-order valence-electron chi connectivity index (χ3n) is 4.53. The summed E-state index contributed by atoms with van der Waals surface area (Å²) >= 11 is 0. The molecule has 1 fully saturated rings. The second-order valence-corrected chi connectivity index (χ2v) is 6.60. The maximum absolute atomic E-state index is 13.1. The van der Waals surface area contributed by atoms with Crippen LogP contribution >= 0.6 is 0 Å². The Morgan fingerprint density at radius 2 is 1.78 bits per heavy atom. The van der Waals surface area contributed by atoms with Crippen LogP contribution < -0.4 is 14.8 Å². The van der Waals surface area contributed by atoms with E-state index in [-0.39, 0.29) is 17.9 Å². The van der Waals surface area contributed by atoms with Gasteiger partial charge in [0.15, 0.2) is 0 Å². The van der Waals surface area contributed by atoms with Crippen LogP contribution in [-0.4, -0.2) is 37.0 Å². The predicted molar refractivity (Wildman–Crippen MR) is 103 cm³/mol. The molecule has 1 aliphatic carbocycles. The number of nitrogens with zero attached hydrogens (tertiary/aromatic N) is 1. The smallest absolute Gasteiger partial charge is 0.254 e. The highest BCUT2D eigenvalue weighted by Crippen LogP contribution is 2.33. The Labute approximate surface area is 159 Å². The summed E-state index contributed by atoms with van der Waals surface area (Å²) in [5, 5.41) is 2.71. The van der Waals surface area contributed by atoms with Crippen molar-refractivity contribution in [3.8, 4) is 11.5 Å². The lowest BCUT2D eigenvalue weighted by atomic mass is 10.1. The van der Waals surface area contributed by atoms with Crippen molar-refractivity contribution in [1.29, 1.82) is 0 Å². The summed E-state index contributed by atoms with van der Waals surface area (Å²) in [4.78, 5) is 26.1. The van der Waals surface area contributed by atoms with E-state index in [1.165, 1.54) is 6.92 Å². The van der Waals surface area contributed by atoms with Crippen molar-refractivity contribution in [3.05, 3.63) is 53.6 Å². The molecule has 2 aromatic rings. The topological polar surface area (TPSA) is 67.9 Å². The highest BCUT2D eigenvalue weighted by atomic mass is 16.5. The van der Waals surface area contributed by atoms with Crippen LogP contribution in [0, 0.1) is 0 Å². The number of hydrogen-bond acceptors (Lipinski definition) is 4. The van der Waals surface area contributed by atoms with Crippen LogP contribution in [0.25, 0.3) is 0 Å². The van der Waals surface area contributed by atoms with Gasteiger partial charge < -0.3 is 19.7 Å². The number of hydrogen-bond donors (Lipinski definition) is 1. The average Bonchev–Trinajstić information content (AvgIpc) is 3.50. The van der Waals surface area contributed by atoms with Crippen molar-refractivity contribution >= 4 is 17.5 Å². The van der Waals surface area contributed by atoms with Gasteiger partial charge in [-0.25, -0.2) is 0 Å². The number of benzene rings is 2. The van der Waals surface area contributed by atoms with Gasteiger partial charge in [-0.1, -0.05) is 0 Å². The molecule has 0 unspecified atom stereocenters. The van der Waals surface area contributed by atoms with E-state index in [9.17, 15) is 9.59 Å². The summed E-state index contributed by atoms with van der Waals surface area (Å²) in [6, 6.07) is 12.8. The van der Waals surface area contributed by atoms with Crippen molar-refractivity contribution < 1.29 is 19.1 Å². The highest BCUT2D eigenvalue weighted by molar-refractivity contribution is 5.96. The average molecular weight is 368 g/mol. The maximum Gasteiger partial charge on any atom is 0.254 e. The molecule has 0 atom stereocenters. The first-order chi connectivity index (χ1) is 13.0. The Hall–Kier alpha value is -3.02. The van der Waals surface area contributed by atoms with Gasteiger partial charge in [0.25, 0.3) is 5.91 Å². The molecule has 0 spiro atoms. The summed E-state index contributed by atoms with van der Waals surface area (Å²) < 4.78 is 10.8. The fourth-order valence-electron chi connectivity index (χ4n) is 3.01. The number of methoxy groups -OCH3 is 2. The molecule has 2 amide bonds. The minimum atomic E-state index is -0.140. The van der Waals surface area contributed by atoms with E-state index in [4.69, 9.17) is 9.47 Å². The van der Waals surface area contributed by atoms with Crippen molar-refractivity contribution in [1.82, 2.24) is 4.90 Å². The lowest BCUT2D eigenvalue weighted by Gasteiger charge is -2.24. The molecule has 1 saturated carbocycles. The number of rotatable bonds is 7. The normalized spacial score (nSPS) is 13.0. The second kappa shape index (κ2) is 8.12. The Balaban J connectivity index is 1.82. The first-order valence-electron chi connectivity index (χ1n) is 8.91. The van der Waals surface area contributed by atoms with Gasteiger partial charge in [-0.05, 0) is 55.3 Å². The zero-order valence-electron chi connectivity index (χ0n) is 15.8. The minimum Gasteiger partial charge on any atom is -0.497 e. The molecule has 27 heavy (non-hydrogen) atoms. The van der Waals surface area contributed by atoms with E-state index >= 15 is 0 Å². The summed E-state index contributed by atoms with van der Waals surface area (Å²) in [7, 11) is 3.24. The standard InChI is InChI=1S/C21H24N2O4/c1-14(24)22-17-6-4-15(5-7-17)21(25)23(18-8-9-18)13-16-12-19(26-2)10-11-20(16)27-3/h4-7,10-12,18H,8-9,13H2,1-3H3,(H,22,24). The van der Waals surface area contributed by atoms with E-state index < -0.39 is 0 Å². The van der Waals surface area contributed by atoms with Crippen LogP contribution in [-0.2, 0) is 11.3 Å². The molecule has 2 aromatic carbocycles. The number of carbonyl (C=O) groups excluding carboxylic acids is 2. The molecule has 0 saturated heterocycles. The second-order valence-electron chi connectivity index (χ2n) is 6.60. The Morgan fingerprint density at radius 3 is 2.33 bits per heavy atom. The zero-order valence-corrected chi connectivity index (χ0v) is 15.8. The number of amides is 2. The van der Waals surface area contributed by atoms with Gasteiger partial charge in [-0.2, -0.15) is 0 Å². The third kappa shape index (κ3) is 4.58. The van der Waals surface area contributed by atoms with Crippen molar-refractivity contribution in [2.24, 2.45) is 0 Å². The lowest BCUT2D eigenvalue weighted by molar-refractivity contribution is -0.114. The van der Waals surface area contributed by atoms with Gasteiger partial charge in [-0.15, -0.1) is 0 Å². The van der Waals surface area contributed by atoms with E-state index in [0.717, 1.165) is 29.9 Å². The summed E-state index contributed by atoms with van der Waals surface area (Å²) in [6.45, 7) is 1.91. The van der Waals surface area contributed by atoms with Crippen molar-refractivity contribution in [3.63, 3.8) is 0 Å². The Morgan fingerprint density at radius 1 is 1.07 bits per heavy atom. The van der Waals surface area contributed by atoms with Gasteiger partial charge in [0.05, 0.1) is 20.8 Å². The van der Waals surface area contributed by atoms with Gasteiger partial charge in [0.1, 0.15) is 11.5 Å². The van der Waals surface area contributed by atoms with Crippen LogP contribution in [0.1, 0.15) is 35.7 Å². The molecule has 0 heterocycles. The highest BCUT2D eigenvalue weighted by Gasteiger charge is 2.33. The SMILES string of the molecule is COc1ccc(OC)c(CN(C(=O)c2ccc(NC(C)=O)cc2)C2CC2)c1. The fraction of sp³-hybridized carbons (Fsp3) is 0.333. The largest absolute Gasteiger partial charge is 0.497 e. The molecule has 1 N–H and O–H groups in total. The lowest BCUT2D eigenvalue weighted by Crippen LogP contribution is -2.32. The number of ether oxygens (including phenoxy) is 2. The van der Waals surface area contributed by atoms with Crippen LogP contribution in [0.2, 0.25) is 0 Å². The van der Waals surface area contributed by atoms with E-state index in [2.05, 4.69) is 5.32 Å². The van der Waals surface area contributed by atoms with Gasteiger partial charge >= 0.3 is 0 Å². The summed E-state index contributed by atoms with van der Waals surface area (Å²) in [6.07, 6.45) is 2.00. The minimum absolute atomic E-state index is 0.0308. The fourth-order valence-corrected chi connectivity index (χ4v) is 3.01. The third-order valence-corrected chi connectivity index (χ3v) is 4.53. The van der Waals surface area contributed by atoms with Gasteiger partial charge in [0.2, 0.25) is 5.91 Å². The molecule has 0 aliphatic heterocycles. The van der Waals surface area contributed by atoms with Crippen molar-refractivity contribution in [2.45, 2.75) is 32.4 Å². The van der Waals surface area contributed by atoms with Crippen LogP contribution in [0.5, 0.6) is 11.5 Å². The van der Waals surface area contributed by atoms with Crippen LogP contribution in [0.3, 0.4) is 0 Å². The van der Waals surface area contributed by atoms with E-state index in [1.54, 1.807) is 38.5 Å². The summed E-state index contributed by atoms with van der Waals surface area (Å²) in [5.74, 6) is 1.29. The predicted octanol–water partition coefficient (Wildman–Crippen LogP) is 3.47. The molecule has 0 aromatic heterocycles. The first-order valence-corrected chi connectivity index (χ1v) is 8.91. The Bertz CT molecular complexity index is 829. The molecule has 6 heteroatoms. The van der Waals surface area contributed by atoms with Gasteiger partial charge in [-0.3, -0.25) is 9.59 Å². The number of carbonyl (C=O) groups is 2. The quantitative estimate of drug-likeness (QED) is 0.813. The molecule has 0 bridgehead atoms. The van der Waals surface area contributed by atoms with Crippen LogP contribution in [0.15, 0.2) is 42.5 Å². The van der Waals surface area contributed by atoms with Gasteiger partial charge in [0, 0.05) is 29.8 Å².